The first-order chi connectivity index (χ1) is 31.0. The molecule has 0 bridgehead atoms. The monoisotopic (exact) mass is 809 g/mol. The molecule has 0 radical (unpaired) electrons. The Morgan fingerprint density at radius 2 is 0.921 bits per heavy atom. The van der Waals surface area contributed by atoms with Crippen molar-refractivity contribution in [3.05, 3.63) is 246 Å². The van der Waals surface area contributed by atoms with Gasteiger partial charge in [0.2, 0.25) is 0 Å². The number of rotatable bonds is 8. The molecular weight excluding hydrogens is 767 g/mol. The molecule has 3 heterocycles. The zero-order valence-electron chi connectivity index (χ0n) is 35.1. The Balaban J connectivity index is 0.989. The van der Waals surface area contributed by atoms with Crippen LogP contribution in [0, 0.1) is 6.92 Å². The lowest BCUT2D eigenvalue weighted by atomic mass is 9.67. The maximum absolute atomic E-state index is 10.8. The minimum Gasteiger partial charge on any atom is -0.507 e. The van der Waals surface area contributed by atoms with Crippen LogP contribution in [0.25, 0.3) is 78.5 Å². The highest BCUT2D eigenvalue weighted by molar-refractivity contribution is 5.89. The first kappa shape index (κ1) is 37.9. The van der Waals surface area contributed by atoms with E-state index in [4.69, 9.17) is 9.97 Å². The number of phenolic OH excluding ortho intramolecular Hbond substituents is 1. The maximum atomic E-state index is 10.8. The average Bonchev–Trinajstić information content (AvgIpc) is 3.87. The van der Waals surface area contributed by atoms with Crippen LogP contribution in [0.4, 0.5) is 0 Å². The van der Waals surface area contributed by atoms with Crippen LogP contribution < -0.4 is 0 Å². The number of nitrogens with zero attached hydrogens (tertiary/aromatic N) is 3. The van der Waals surface area contributed by atoms with Gasteiger partial charge in [-0.15, -0.1) is 0 Å². The van der Waals surface area contributed by atoms with Crippen LogP contribution in [0.5, 0.6) is 5.75 Å². The van der Waals surface area contributed by atoms with Gasteiger partial charge >= 0.3 is 0 Å². The summed E-state index contributed by atoms with van der Waals surface area (Å²) >= 11 is 0. The van der Waals surface area contributed by atoms with Crippen molar-refractivity contribution >= 4 is 0 Å². The summed E-state index contributed by atoms with van der Waals surface area (Å²) in [6.45, 7) is 2.06. The molecule has 1 N–H and O–H groups in total. The number of para-hydroxylation sites is 1. The Morgan fingerprint density at radius 3 is 1.62 bits per heavy atom. The molecule has 10 aromatic rings. The summed E-state index contributed by atoms with van der Waals surface area (Å²) in [5.41, 5.74) is 19.8. The molecule has 0 fully saturated rings. The number of hydrogen-bond acceptors (Lipinski definition) is 3. The zero-order valence-corrected chi connectivity index (χ0v) is 35.1. The number of pyridine rings is 2. The van der Waals surface area contributed by atoms with Gasteiger partial charge in [0, 0.05) is 46.4 Å². The highest BCUT2D eigenvalue weighted by Gasteiger charge is 2.46. The van der Waals surface area contributed by atoms with E-state index in [1.54, 1.807) is 6.07 Å². The number of aromatic nitrogens is 3. The van der Waals surface area contributed by atoms with Gasteiger partial charge in [-0.25, -0.2) is 4.98 Å². The number of aromatic hydroxyl groups is 1. The van der Waals surface area contributed by atoms with Gasteiger partial charge in [0.25, 0.3) is 0 Å². The van der Waals surface area contributed by atoms with Crippen LogP contribution in [0.15, 0.2) is 218 Å². The van der Waals surface area contributed by atoms with Gasteiger partial charge in [-0.05, 0) is 118 Å². The molecule has 4 heteroatoms. The predicted octanol–water partition coefficient (Wildman–Crippen LogP) is 14.2. The molecular formula is C59H43N3O. The summed E-state index contributed by atoms with van der Waals surface area (Å²) < 4.78 is 2.31. The zero-order chi connectivity index (χ0) is 42.5. The number of fused-ring (bicyclic) bond motifs is 3. The van der Waals surface area contributed by atoms with Crippen LogP contribution in [0.3, 0.4) is 0 Å². The van der Waals surface area contributed by atoms with Gasteiger partial charge in [0.15, 0.2) is 0 Å². The van der Waals surface area contributed by atoms with E-state index in [9.17, 15) is 5.11 Å². The van der Waals surface area contributed by atoms with Gasteiger partial charge in [-0.2, -0.15) is 0 Å². The Morgan fingerprint density at radius 1 is 0.381 bits per heavy atom. The van der Waals surface area contributed by atoms with Crippen LogP contribution in [-0.2, 0) is 12.5 Å². The molecule has 0 amide bonds. The van der Waals surface area contributed by atoms with Crippen molar-refractivity contribution in [3.63, 3.8) is 0 Å². The molecule has 0 atom stereocenters. The number of aryl methyl sites for hydroxylation is 1. The third-order valence-corrected chi connectivity index (χ3v) is 12.7. The van der Waals surface area contributed by atoms with E-state index in [1.807, 2.05) is 42.5 Å². The minimum absolute atomic E-state index is 0.199. The molecule has 3 aromatic heterocycles. The normalized spacial score (nSPS) is 12.5. The molecule has 0 saturated carbocycles. The summed E-state index contributed by atoms with van der Waals surface area (Å²) in [5.74, 6) is 0.199. The van der Waals surface area contributed by atoms with Crippen LogP contribution in [0.1, 0.15) is 27.9 Å². The molecule has 300 valence electrons. The van der Waals surface area contributed by atoms with Crippen molar-refractivity contribution in [1.29, 1.82) is 0 Å². The summed E-state index contributed by atoms with van der Waals surface area (Å²) in [7, 11) is 2.16. The van der Waals surface area contributed by atoms with E-state index >= 15 is 0 Å². The fourth-order valence-corrected chi connectivity index (χ4v) is 9.80. The van der Waals surface area contributed by atoms with Crippen molar-refractivity contribution in [2.75, 3.05) is 0 Å². The third-order valence-electron chi connectivity index (χ3n) is 12.7. The summed E-state index contributed by atoms with van der Waals surface area (Å²) in [5, 5.41) is 10.8. The van der Waals surface area contributed by atoms with E-state index in [2.05, 4.69) is 188 Å². The highest BCUT2D eigenvalue weighted by atomic mass is 16.3. The first-order valence-electron chi connectivity index (χ1n) is 21.4. The summed E-state index contributed by atoms with van der Waals surface area (Å²) in [4.78, 5) is 10.2. The number of benzene rings is 7. The van der Waals surface area contributed by atoms with Gasteiger partial charge in [0.05, 0.1) is 22.5 Å². The molecule has 0 aliphatic heterocycles. The second-order valence-electron chi connectivity index (χ2n) is 16.4. The molecule has 1 aliphatic rings. The molecule has 63 heavy (non-hydrogen) atoms. The molecule has 11 rings (SSSR count). The Bertz CT molecular complexity index is 3280. The Kier molecular flexibility index (Phi) is 9.28. The third kappa shape index (κ3) is 6.47. The van der Waals surface area contributed by atoms with E-state index < -0.39 is 5.41 Å². The molecule has 0 spiro atoms. The fourth-order valence-electron chi connectivity index (χ4n) is 9.80. The topological polar surface area (TPSA) is 50.9 Å². The van der Waals surface area contributed by atoms with E-state index in [0.717, 1.165) is 56.3 Å². The standard InChI is InChI=1S/C59H43N3O/c1-39-33-45(38-53(60-39)41-19-16-20-42(34-41)54-36-44(40-17-6-3-7-18-40)37-55(61-54)50-26-13-15-28-58(50)63)57-32-31-56(62(57)2)43-29-30-49-48-25-12-14-27-51(48)59(52(49)35-43,46-21-8-4-9-22-46)47-23-10-5-11-24-47/h3-38,63H,1-2H3. The van der Waals surface area contributed by atoms with Gasteiger partial charge in [-0.3, -0.25) is 4.98 Å². The van der Waals surface area contributed by atoms with E-state index in [0.29, 0.717) is 11.3 Å². The van der Waals surface area contributed by atoms with Crippen molar-refractivity contribution < 1.29 is 5.11 Å². The fraction of sp³-hybridized carbons (Fsp3) is 0.0508. The number of hydrogen-bond donors (Lipinski definition) is 1. The lowest BCUT2D eigenvalue weighted by Gasteiger charge is -2.34. The lowest BCUT2D eigenvalue weighted by Crippen LogP contribution is -2.28. The van der Waals surface area contributed by atoms with Crippen molar-refractivity contribution in [1.82, 2.24) is 14.5 Å². The molecule has 0 unspecified atom stereocenters. The smallest absolute Gasteiger partial charge is 0.124 e. The first-order valence-corrected chi connectivity index (χ1v) is 21.4. The maximum Gasteiger partial charge on any atom is 0.124 e. The number of phenols is 1. The van der Waals surface area contributed by atoms with Gasteiger partial charge in [-0.1, -0.05) is 158 Å². The lowest BCUT2D eigenvalue weighted by molar-refractivity contribution is 0.477. The largest absolute Gasteiger partial charge is 0.507 e. The highest BCUT2D eigenvalue weighted by Crippen LogP contribution is 2.56. The molecule has 0 saturated heterocycles. The van der Waals surface area contributed by atoms with Crippen molar-refractivity contribution in [2.45, 2.75) is 12.3 Å². The van der Waals surface area contributed by atoms with Gasteiger partial charge in [0.1, 0.15) is 5.75 Å². The average molecular weight is 810 g/mol. The summed E-state index contributed by atoms with van der Waals surface area (Å²) in [6.07, 6.45) is 0. The van der Waals surface area contributed by atoms with Gasteiger partial charge < -0.3 is 9.67 Å². The van der Waals surface area contributed by atoms with Crippen LogP contribution >= 0.6 is 0 Å². The Hall–Kier alpha value is -8.08. The second kappa shape index (κ2) is 15.4. The van der Waals surface area contributed by atoms with Crippen molar-refractivity contribution in [3.8, 4) is 84.3 Å². The van der Waals surface area contributed by atoms with E-state index in [-0.39, 0.29) is 5.75 Å². The quantitative estimate of drug-likeness (QED) is 0.166. The molecule has 1 aliphatic carbocycles. The Labute approximate surface area is 368 Å². The predicted molar refractivity (Wildman–Crippen MR) is 257 cm³/mol. The molecule has 7 aromatic carbocycles. The summed E-state index contributed by atoms with van der Waals surface area (Å²) in [6, 6.07) is 77.0. The van der Waals surface area contributed by atoms with E-state index in [1.165, 1.54) is 38.9 Å². The molecule has 4 nitrogen and oxygen atoms in total. The SMILES string of the molecule is Cc1cc(-c2ccc(-c3ccc4c(c3)C(c3ccccc3)(c3ccccc3)c3ccccc3-4)n2C)cc(-c2cccc(-c3cc(-c4ccccc4)cc(-c4ccccc4O)n3)c2)n1. The van der Waals surface area contributed by atoms with Crippen LogP contribution in [-0.4, -0.2) is 19.6 Å². The minimum atomic E-state index is -0.465. The second-order valence-corrected chi connectivity index (χ2v) is 16.4. The van der Waals surface area contributed by atoms with Crippen molar-refractivity contribution in [2.24, 2.45) is 7.05 Å². The van der Waals surface area contributed by atoms with Crippen LogP contribution in [0.2, 0.25) is 0 Å².